The summed E-state index contributed by atoms with van der Waals surface area (Å²) in [7, 11) is 1.77. The van der Waals surface area contributed by atoms with Gasteiger partial charge >= 0.3 is 6.01 Å². The Bertz CT molecular complexity index is 415. The minimum Gasteiger partial charge on any atom is -0.464 e. The summed E-state index contributed by atoms with van der Waals surface area (Å²) in [6, 6.07) is 0.349. The van der Waals surface area contributed by atoms with Crippen LogP contribution in [0.4, 0.5) is 11.9 Å². The molecule has 0 aliphatic carbocycles. The van der Waals surface area contributed by atoms with Gasteiger partial charge in [0.05, 0.1) is 6.61 Å². The van der Waals surface area contributed by atoms with Crippen molar-refractivity contribution in [3.05, 3.63) is 0 Å². The summed E-state index contributed by atoms with van der Waals surface area (Å²) in [6.45, 7) is 4.44. The standard InChI is InChI=1S/C12H21N5O2/c1-3-19-12-15-10(13-2)14-11(16-12)17-6-4-9(8-17)5-7-18/h9,18H,3-8H2,1-2H3,(H,13,14,15,16). The van der Waals surface area contributed by atoms with E-state index in [0.29, 0.717) is 30.4 Å². The van der Waals surface area contributed by atoms with Gasteiger partial charge in [0, 0.05) is 26.7 Å². The number of hydrogen-bond acceptors (Lipinski definition) is 7. The van der Waals surface area contributed by atoms with Crippen LogP contribution >= 0.6 is 0 Å². The predicted molar refractivity (Wildman–Crippen MR) is 72.6 cm³/mol. The first-order chi connectivity index (χ1) is 9.26. The number of aliphatic hydroxyl groups is 1. The number of rotatable bonds is 6. The van der Waals surface area contributed by atoms with E-state index in [0.717, 1.165) is 25.9 Å². The van der Waals surface area contributed by atoms with E-state index in [1.807, 2.05) is 6.92 Å². The van der Waals surface area contributed by atoms with Gasteiger partial charge in [-0.2, -0.15) is 15.0 Å². The summed E-state index contributed by atoms with van der Waals surface area (Å²) in [6.07, 6.45) is 1.89. The average molecular weight is 267 g/mol. The molecule has 0 aromatic carbocycles. The monoisotopic (exact) mass is 267 g/mol. The number of aromatic nitrogens is 3. The normalized spacial score (nSPS) is 18.7. The van der Waals surface area contributed by atoms with Gasteiger partial charge in [-0.1, -0.05) is 0 Å². The molecule has 1 fully saturated rings. The maximum atomic E-state index is 8.99. The van der Waals surface area contributed by atoms with Gasteiger partial charge in [0.25, 0.3) is 0 Å². The van der Waals surface area contributed by atoms with E-state index in [2.05, 4.69) is 25.2 Å². The van der Waals surface area contributed by atoms with Crippen LogP contribution in [0.2, 0.25) is 0 Å². The number of nitrogens with zero attached hydrogens (tertiary/aromatic N) is 4. The summed E-state index contributed by atoms with van der Waals surface area (Å²) < 4.78 is 5.35. The van der Waals surface area contributed by atoms with Gasteiger partial charge in [0.2, 0.25) is 11.9 Å². The van der Waals surface area contributed by atoms with Gasteiger partial charge in [-0.15, -0.1) is 0 Å². The van der Waals surface area contributed by atoms with E-state index in [-0.39, 0.29) is 6.61 Å². The van der Waals surface area contributed by atoms with Gasteiger partial charge in [-0.25, -0.2) is 0 Å². The number of ether oxygens (including phenoxy) is 1. The van der Waals surface area contributed by atoms with Crippen molar-refractivity contribution in [2.45, 2.75) is 19.8 Å². The molecule has 1 aliphatic rings. The van der Waals surface area contributed by atoms with Gasteiger partial charge in [-0.05, 0) is 25.7 Å². The second-order valence-electron chi connectivity index (χ2n) is 4.54. The van der Waals surface area contributed by atoms with E-state index in [1.165, 1.54) is 0 Å². The van der Waals surface area contributed by atoms with E-state index in [4.69, 9.17) is 9.84 Å². The molecule has 0 amide bonds. The van der Waals surface area contributed by atoms with Crippen LogP contribution in [-0.4, -0.2) is 53.4 Å². The van der Waals surface area contributed by atoms with Crippen LogP contribution in [0.5, 0.6) is 6.01 Å². The molecule has 1 aliphatic heterocycles. The number of anilines is 2. The smallest absolute Gasteiger partial charge is 0.323 e. The van der Waals surface area contributed by atoms with E-state index < -0.39 is 0 Å². The van der Waals surface area contributed by atoms with Crippen LogP contribution in [0, 0.1) is 5.92 Å². The highest BCUT2D eigenvalue weighted by Crippen LogP contribution is 2.24. The fourth-order valence-electron chi connectivity index (χ4n) is 2.23. The molecular weight excluding hydrogens is 246 g/mol. The maximum absolute atomic E-state index is 8.99. The largest absolute Gasteiger partial charge is 0.464 e. The van der Waals surface area contributed by atoms with E-state index in [1.54, 1.807) is 7.05 Å². The van der Waals surface area contributed by atoms with Crippen molar-refractivity contribution in [1.82, 2.24) is 15.0 Å². The molecular formula is C12H21N5O2. The lowest BCUT2D eigenvalue weighted by Gasteiger charge is -2.17. The van der Waals surface area contributed by atoms with Gasteiger partial charge in [0.15, 0.2) is 0 Å². The lowest BCUT2D eigenvalue weighted by atomic mass is 10.1. The molecule has 1 unspecified atom stereocenters. The highest BCUT2D eigenvalue weighted by molar-refractivity contribution is 5.39. The first-order valence-electron chi connectivity index (χ1n) is 6.69. The first kappa shape index (κ1) is 13.8. The molecule has 106 valence electrons. The summed E-state index contributed by atoms with van der Waals surface area (Å²) >= 11 is 0. The quantitative estimate of drug-likeness (QED) is 0.777. The van der Waals surface area contributed by atoms with Crippen molar-refractivity contribution in [3.63, 3.8) is 0 Å². The first-order valence-corrected chi connectivity index (χ1v) is 6.69. The number of aliphatic hydroxyl groups excluding tert-OH is 1. The molecule has 0 spiro atoms. The van der Waals surface area contributed by atoms with Crippen molar-refractivity contribution in [2.24, 2.45) is 5.92 Å². The zero-order valence-corrected chi connectivity index (χ0v) is 11.5. The third-order valence-corrected chi connectivity index (χ3v) is 3.21. The summed E-state index contributed by atoms with van der Waals surface area (Å²) in [5.74, 6) is 1.66. The third-order valence-electron chi connectivity index (χ3n) is 3.21. The van der Waals surface area contributed by atoms with Crippen LogP contribution in [0.15, 0.2) is 0 Å². The minimum absolute atomic E-state index is 0.238. The van der Waals surface area contributed by atoms with Crippen molar-refractivity contribution < 1.29 is 9.84 Å². The zero-order chi connectivity index (χ0) is 13.7. The van der Waals surface area contributed by atoms with Crippen LogP contribution < -0.4 is 15.0 Å². The molecule has 0 bridgehead atoms. The lowest BCUT2D eigenvalue weighted by molar-refractivity contribution is 0.263. The minimum atomic E-state index is 0.238. The fraction of sp³-hybridized carbons (Fsp3) is 0.750. The van der Waals surface area contributed by atoms with E-state index in [9.17, 15) is 0 Å². The Labute approximate surface area is 113 Å². The summed E-state index contributed by atoms with van der Waals surface area (Å²) in [5, 5.41) is 11.9. The van der Waals surface area contributed by atoms with Crippen LogP contribution in [0.3, 0.4) is 0 Å². The Morgan fingerprint density at radius 2 is 2.26 bits per heavy atom. The maximum Gasteiger partial charge on any atom is 0.323 e. The van der Waals surface area contributed by atoms with Crippen LogP contribution in [0.1, 0.15) is 19.8 Å². The molecule has 1 atom stereocenters. The molecule has 0 saturated carbocycles. The Kier molecular flexibility index (Phi) is 4.73. The molecule has 0 radical (unpaired) electrons. The second kappa shape index (κ2) is 6.51. The van der Waals surface area contributed by atoms with Gasteiger partial charge < -0.3 is 20.1 Å². The highest BCUT2D eigenvalue weighted by Gasteiger charge is 2.25. The number of hydrogen-bond donors (Lipinski definition) is 2. The molecule has 1 saturated heterocycles. The van der Waals surface area contributed by atoms with Crippen LogP contribution in [-0.2, 0) is 0 Å². The molecule has 2 heterocycles. The molecule has 2 N–H and O–H groups in total. The Morgan fingerprint density at radius 3 is 2.95 bits per heavy atom. The predicted octanol–water partition coefficient (Wildman–Crippen LogP) is 0.521. The summed E-state index contributed by atoms with van der Waals surface area (Å²) in [4.78, 5) is 15.0. The average Bonchev–Trinajstić information content (AvgIpc) is 2.88. The Morgan fingerprint density at radius 1 is 1.42 bits per heavy atom. The Balaban J connectivity index is 2.12. The molecule has 1 aromatic rings. The highest BCUT2D eigenvalue weighted by atomic mass is 16.5. The van der Waals surface area contributed by atoms with Crippen molar-refractivity contribution in [3.8, 4) is 6.01 Å². The fourth-order valence-corrected chi connectivity index (χ4v) is 2.23. The molecule has 7 nitrogen and oxygen atoms in total. The van der Waals surface area contributed by atoms with Crippen molar-refractivity contribution >= 4 is 11.9 Å². The van der Waals surface area contributed by atoms with Gasteiger partial charge in [-0.3, -0.25) is 0 Å². The molecule has 7 heteroatoms. The van der Waals surface area contributed by atoms with Crippen molar-refractivity contribution in [1.29, 1.82) is 0 Å². The molecule has 19 heavy (non-hydrogen) atoms. The van der Waals surface area contributed by atoms with Gasteiger partial charge in [0.1, 0.15) is 0 Å². The third kappa shape index (κ3) is 3.44. The van der Waals surface area contributed by atoms with Crippen molar-refractivity contribution in [2.75, 3.05) is 43.6 Å². The second-order valence-corrected chi connectivity index (χ2v) is 4.54. The lowest BCUT2D eigenvalue weighted by Crippen LogP contribution is -2.23. The molecule has 2 rings (SSSR count). The Hall–Kier alpha value is -1.63. The van der Waals surface area contributed by atoms with Crippen LogP contribution in [0.25, 0.3) is 0 Å². The zero-order valence-electron chi connectivity index (χ0n) is 11.5. The summed E-state index contributed by atoms with van der Waals surface area (Å²) in [5.41, 5.74) is 0. The SMILES string of the molecule is CCOc1nc(NC)nc(N2CCC(CCO)C2)n1. The number of nitrogens with one attached hydrogen (secondary N) is 1. The van der Waals surface area contributed by atoms with E-state index >= 15 is 0 Å². The topological polar surface area (TPSA) is 83.4 Å². The molecule has 1 aromatic heterocycles.